The largest absolute Gasteiger partial charge is 0.467 e. The van der Waals surface area contributed by atoms with Crippen molar-refractivity contribution in [2.24, 2.45) is 0 Å². The summed E-state index contributed by atoms with van der Waals surface area (Å²) in [7, 11) is 0. The number of hydrogen-bond donors (Lipinski definition) is 3. The van der Waals surface area contributed by atoms with Crippen molar-refractivity contribution in [3.8, 4) is 11.4 Å². The van der Waals surface area contributed by atoms with Gasteiger partial charge in [0.05, 0.1) is 18.6 Å². The molecule has 3 amide bonds. The van der Waals surface area contributed by atoms with Gasteiger partial charge in [-0.05, 0) is 31.0 Å². The number of rotatable bonds is 7. The summed E-state index contributed by atoms with van der Waals surface area (Å²) in [5.41, 5.74) is 2.03. The Kier molecular flexibility index (Phi) is 5.21. The van der Waals surface area contributed by atoms with Crippen LogP contribution in [0.15, 0.2) is 58.4 Å². The van der Waals surface area contributed by atoms with Crippen molar-refractivity contribution >= 4 is 34.6 Å². The lowest BCUT2D eigenvalue weighted by Gasteiger charge is -2.08. The van der Waals surface area contributed by atoms with Gasteiger partial charge < -0.3 is 14.7 Å². The molecular formula is C21H20N6O3S. The van der Waals surface area contributed by atoms with Crippen molar-refractivity contribution in [3.05, 3.63) is 54.6 Å². The molecule has 0 spiro atoms. The Morgan fingerprint density at radius 1 is 1.19 bits per heavy atom. The molecule has 0 bridgehead atoms. The molecule has 1 aliphatic carbocycles. The molecule has 1 fully saturated rings. The predicted octanol–water partition coefficient (Wildman–Crippen LogP) is 3.47. The summed E-state index contributed by atoms with van der Waals surface area (Å²) in [5, 5.41) is 15.4. The van der Waals surface area contributed by atoms with Crippen molar-refractivity contribution in [2.45, 2.75) is 30.6 Å². The van der Waals surface area contributed by atoms with Gasteiger partial charge >= 0.3 is 6.03 Å². The normalized spacial score (nSPS) is 13.4. The van der Waals surface area contributed by atoms with Crippen LogP contribution in [0.25, 0.3) is 22.3 Å². The number of carbonyl (C=O) groups is 2. The van der Waals surface area contributed by atoms with Gasteiger partial charge in [-0.2, -0.15) is 0 Å². The molecule has 9 nitrogen and oxygen atoms in total. The average Bonchev–Trinajstić information content (AvgIpc) is 3.18. The van der Waals surface area contributed by atoms with E-state index in [1.54, 1.807) is 12.1 Å². The van der Waals surface area contributed by atoms with E-state index in [-0.39, 0.29) is 12.3 Å². The number of hydrogen-bond acceptors (Lipinski definition) is 6. The summed E-state index contributed by atoms with van der Waals surface area (Å²) in [6, 6.07) is 11.3. The molecule has 158 valence electrons. The molecule has 1 saturated carbocycles. The van der Waals surface area contributed by atoms with Crippen molar-refractivity contribution in [1.29, 1.82) is 0 Å². The van der Waals surface area contributed by atoms with E-state index in [1.807, 2.05) is 24.4 Å². The monoisotopic (exact) mass is 436 g/mol. The number of para-hydroxylation sites is 1. The Morgan fingerprint density at radius 3 is 2.87 bits per heavy atom. The number of nitrogens with one attached hydrogen (secondary N) is 3. The number of thioether (sulfide) groups is 1. The zero-order chi connectivity index (χ0) is 21.2. The van der Waals surface area contributed by atoms with Gasteiger partial charge in [0.2, 0.25) is 5.91 Å². The third-order valence-corrected chi connectivity index (χ3v) is 5.94. The number of furan rings is 1. The Morgan fingerprint density at radius 2 is 2.06 bits per heavy atom. The van der Waals surface area contributed by atoms with Gasteiger partial charge in [0.15, 0.2) is 11.0 Å². The summed E-state index contributed by atoms with van der Waals surface area (Å²) < 4.78 is 7.25. The molecule has 1 aliphatic rings. The SMILES string of the molecule is O=C(CSc1nnc(-c2c[nH]c3ccccc23)n1C1CC1)NC(=O)NCc1ccco1. The summed E-state index contributed by atoms with van der Waals surface area (Å²) in [6.45, 7) is 0.212. The van der Waals surface area contributed by atoms with E-state index in [0.717, 1.165) is 35.1 Å². The molecule has 3 N–H and O–H groups in total. The highest BCUT2D eigenvalue weighted by Crippen LogP contribution is 2.42. The minimum absolute atomic E-state index is 0.0624. The van der Waals surface area contributed by atoms with E-state index in [1.165, 1.54) is 18.0 Å². The lowest BCUT2D eigenvalue weighted by atomic mass is 10.1. The standard InChI is InChI=1S/C21H20N6O3S/c28-18(24-20(29)23-10-14-4-3-9-30-14)12-31-21-26-25-19(27(21)13-7-8-13)16-11-22-17-6-2-1-5-15(16)17/h1-6,9,11,13,22H,7-8,10,12H2,(H2,23,24,28,29). The van der Waals surface area contributed by atoms with Crippen LogP contribution >= 0.6 is 11.8 Å². The van der Waals surface area contributed by atoms with E-state index in [0.29, 0.717) is 17.0 Å². The average molecular weight is 436 g/mol. The first-order valence-corrected chi connectivity index (χ1v) is 10.9. The molecule has 3 aromatic heterocycles. The van der Waals surface area contributed by atoms with Crippen LogP contribution in [0.3, 0.4) is 0 Å². The number of H-pyrrole nitrogens is 1. The molecule has 31 heavy (non-hydrogen) atoms. The minimum atomic E-state index is -0.565. The maximum Gasteiger partial charge on any atom is 0.321 e. The molecule has 0 saturated heterocycles. The van der Waals surface area contributed by atoms with E-state index in [2.05, 4.69) is 36.4 Å². The number of carbonyl (C=O) groups excluding carboxylic acids is 2. The fourth-order valence-corrected chi connectivity index (χ4v) is 4.20. The summed E-state index contributed by atoms with van der Waals surface area (Å²) >= 11 is 1.27. The van der Waals surface area contributed by atoms with Crippen molar-refractivity contribution < 1.29 is 14.0 Å². The number of imide groups is 1. The quantitative estimate of drug-likeness (QED) is 0.382. The van der Waals surface area contributed by atoms with E-state index < -0.39 is 11.9 Å². The zero-order valence-corrected chi connectivity index (χ0v) is 17.3. The Bertz CT molecular complexity index is 1230. The van der Waals surface area contributed by atoms with Crippen LogP contribution in [0, 0.1) is 0 Å². The Balaban J connectivity index is 1.25. The second kappa shape index (κ2) is 8.31. The van der Waals surface area contributed by atoms with Crippen LogP contribution in [0.5, 0.6) is 0 Å². The van der Waals surface area contributed by atoms with Gasteiger partial charge in [-0.25, -0.2) is 4.79 Å². The molecule has 3 heterocycles. The van der Waals surface area contributed by atoms with Crippen LogP contribution in [-0.4, -0.2) is 37.4 Å². The van der Waals surface area contributed by atoms with Crippen LogP contribution in [0.1, 0.15) is 24.6 Å². The molecule has 1 aromatic carbocycles. The van der Waals surface area contributed by atoms with Crippen molar-refractivity contribution in [2.75, 3.05) is 5.75 Å². The van der Waals surface area contributed by atoms with Crippen molar-refractivity contribution in [3.63, 3.8) is 0 Å². The maximum atomic E-state index is 12.2. The first-order chi connectivity index (χ1) is 15.2. The molecule has 4 aromatic rings. The fraction of sp³-hybridized carbons (Fsp3) is 0.238. The molecule has 5 rings (SSSR count). The number of aromatic nitrogens is 4. The van der Waals surface area contributed by atoms with E-state index >= 15 is 0 Å². The topological polar surface area (TPSA) is 118 Å². The maximum absolute atomic E-state index is 12.2. The van der Waals surface area contributed by atoms with Gasteiger partial charge in [0.1, 0.15) is 5.76 Å². The minimum Gasteiger partial charge on any atom is -0.467 e. The van der Waals surface area contributed by atoms with E-state index in [9.17, 15) is 9.59 Å². The fourth-order valence-electron chi connectivity index (χ4n) is 3.40. The second-order valence-corrected chi connectivity index (χ2v) is 8.20. The summed E-state index contributed by atoms with van der Waals surface area (Å²) in [5.74, 6) is 1.06. The third-order valence-electron chi connectivity index (χ3n) is 5.00. The number of fused-ring (bicyclic) bond motifs is 1. The number of nitrogens with zero attached hydrogens (tertiary/aromatic N) is 3. The summed E-state index contributed by atoms with van der Waals surface area (Å²) in [4.78, 5) is 27.4. The lowest BCUT2D eigenvalue weighted by molar-refractivity contribution is -0.117. The van der Waals surface area contributed by atoms with Gasteiger partial charge in [-0.1, -0.05) is 30.0 Å². The molecule has 0 radical (unpaired) electrons. The second-order valence-electron chi connectivity index (χ2n) is 7.25. The molecule has 0 aliphatic heterocycles. The Labute approximate surface area is 181 Å². The first kappa shape index (κ1) is 19.4. The predicted molar refractivity (Wildman–Crippen MR) is 115 cm³/mol. The highest BCUT2D eigenvalue weighted by molar-refractivity contribution is 7.99. The summed E-state index contributed by atoms with van der Waals surface area (Å²) in [6.07, 6.45) is 5.58. The van der Waals surface area contributed by atoms with Crippen LogP contribution in [-0.2, 0) is 11.3 Å². The van der Waals surface area contributed by atoms with Gasteiger partial charge in [0, 0.05) is 28.7 Å². The number of benzene rings is 1. The van der Waals surface area contributed by atoms with Gasteiger partial charge in [-0.3, -0.25) is 14.7 Å². The van der Waals surface area contributed by atoms with E-state index in [4.69, 9.17) is 4.42 Å². The molecule has 10 heteroatoms. The van der Waals surface area contributed by atoms with Crippen molar-refractivity contribution in [1.82, 2.24) is 30.4 Å². The van der Waals surface area contributed by atoms with Crippen LogP contribution in [0.2, 0.25) is 0 Å². The van der Waals surface area contributed by atoms with Gasteiger partial charge in [-0.15, -0.1) is 10.2 Å². The number of amides is 3. The molecular weight excluding hydrogens is 416 g/mol. The molecule has 0 atom stereocenters. The Hall–Kier alpha value is -3.53. The van der Waals surface area contributed by atoms with Crippen LogP contribution in [0.4, 0.5) is 4.79 Å². The van der Waals surface area contributed by atoms with Crippen LogP contribution < -0.4 is 10.6 Å². The number of urea groups is 1. The first-order valence-electron chi connectivity index (χ1n) is 9.93. The van der Waals surface area contributed by atoms with Gasteiger partial charge in [0.25, 0.3) is 0 Å². The highest BCUT2D eigenvalue weighted by atomic mass is 32.2. The highest BCUT2D eigenvalue weighted by Gasteiger charge is 2.31. The molecule has 0 unspecified atom stereocenters. The zero-order valence-electron chi connectivity index (χ0n) is 16.5. The lowest BCUT2D eigenvalue weighted by Crippen LogP contribution is -2.39. The number of aromatic amines is 1. The smallest absolute Gasteiger partial charge is 0.321 e. The third kappa shape index (κ3) is 4.19.